The molecule has 0 bridgehead atoms. The highest BCUT2D eigenvalue weighted by Gasteiger charge is 2.25. The fourth-order valence-corrected chi connectivity index (χ4v) is 4.53. The summed E-state index contributed by atoms with van der Waals surface area (Å²) in [6.07, 6.45) is 5.71. The molecule has 134 valence electrons. The van der Waals surface area contributed by atoms with Gasteiger partial charge in [0, 0.05) is 24.2 Å². The lowest BCUT2D eigenvalue weighted by atomic mass is 9.93. The van der Waals surface area contributed by atoms with Crippen molar-refractivity contribution in [3.8, 4) is 0 Å². The van der Waals surface area contributed by atoms with E-state index in [4.69, 9.17) is 0 Å². The van der Waals surface area contributed by atoms with Gasteiger partial charge in [-0.15, -0.1) is 0 Å². The molecule has 0 unspecified atom stereocenters. The summed E-state index contributed by atoms with van der Waals surface area (Å²) < 4.78 is 26.9. The van der Waals surface area contributed by atoms with Crippen molar-refractivity contribution in [3.05, 3.63) is 29.8 Å². The van der Waals surface area contributed by atoms with Crippen LogP contribution in [-0.2, 0) is 10.0 Å². The summed E-state index contributed by atoms with van der Waals surface area (Å²) in [5.74, 6) is -0.00910. The zero-order valence-electron chi connectivity index (χ0n) is 14.8. The van der Waals surface area contributed by atoms with Crippen LogP contribution >= 0.6 is 0 Å². The van der Waals surface area contributed by atoms with Crippen LogP contribution in [-0.4, -0.2) is 37.9 Å². The van der Waals surface area contributed by atoms with Gasteiger partial charge in [0.25, 0.3) is 5.91 Å². The number of benzene rings is 1. The van der Waals surface area contributed by atoms with E-state index in [1.165, 1.54) is 31.4 Å². The fourth-order valence-electron chi connectivity index (χ4n) is 3.28. The van der Waals surface area contributed by atoms with Crippen LogP contribution in [0.15, 0.2) is 29.2 Å². The van der Waals surface area contributed by atoms with Crippen LogP contribution in [0.1, 0.15) is 63.2 Å². The Morgan fingerprint density at radius 2 is 1.75 bits per heavy atom. The molecule has 0 atom stereocenters. The molecule has 0 radical (unpaired) electrons. The largest absolute Gasteiger partial charge is 0.336 e. The Balaban J connectivity index is 2.15. The highest BCUT2D eigenvalue weighted by atomic mass is 32.2. The standard InChI is InChI=1S/C18H28N2O3S/c1-4-20(16-8-6-5-7-9-16)18(21)15-10-12-17(13-11-15)24(22,23)19-14(2)3/h10-14,16,19H,4-9H2,1-3H3. The van der Waals surface area contributed by atoms with Gasteiger partial charge in [-0.2, -0.15) is 0 Å². The highest BCUT2D eigenvalue weighted by molar-refractivity contribution is 7.89. The fraction of sp³-hybridized carbons (Fsp3) is 0.611. The summed E-state index contributed by atoms with van der Waals surface area (Å²) in [5.41, 5.74) is 0.547. The van der Waals surface area contributed by atoms with E-state index in [0.717, 1.165) is 12.8 Å². The van der Waals surface area contributed by atoms with Crippen molar-refractivity contribution >= 4 is 15.9 Å². The van der Waals surface area contributed by atoms with Gasteiger partial charge in [-0.1, -0.05) is 19.3 Å². The second-order valence-corrected chi connectivity index (χ2v) is 8.40. The molecular formula is C18H28N2O3S. The summed E-state index contributed by atoms with van der Waals surface area (Å²) in [6.45, 7) is 6.23. The number of amides is 1. The van der Waals surface area contributed by atoms with Crippen LogP contribution in [0.3, 0.4) is 0 Å². The van der Waals surface area contributed by atoms with Crippen molar-refractivity contribution in [3.63, 3.8) is 0 Å². The lowest BCUT2D eigenvalue weighted by Crippen LogP contribution is -2.41. The Labute approximate surface area is 145 Å². The third-order valence-corrected chi connectivity index (χ3v) is 6.09. The summed E-state index contributed by atoms with van der Waals surface area (Å²) in [7, 11) is -3.52. The van der Waals surface area contributed by atoms with E-state index in [2.05, 4.69) is 4.72 Å². The van der Waals surface area contributed by atoms with Crippen LogP contribution in [0.5, 0.6) is 0 Å². The molecule has 1 aliphatic rings. The predicted molar refractivity (Wildman–Crippen MR) is 95.5 cm³/mol. The molecule has 1 fully saturated rings. The van der Waals surface area contributed by atoms with Crippen molar-refractivity contribution < 1.29 is 13.2 Å². The van der Waals surface area contributed by atoms with Crippen molar-refractivity contribution in [1.29, 1.82) is 0 Å². The second-order valence-electron chi connectivity index (χ2n) is 6.68. The summed E-state index contributed by atoms with van der Waals surface area (Å²) in [4.78, 5) is 14.9. The summed E-state index contributed by atoms with van der Waals surface area (Å²) in [6, 6.07) is 6.38. The highest BCUT2D eigenvalue weighted by Crippen LogP contribution is 2.24. The van der Waals surface area contributed by atoms with E-state index in [0.29, 0.717) is 18.2 Å². The molecule has 5 nitrogen and oxygen atoms in total. The Morgan fingerprint density at radius 3 is 2.25 bits per heavy atom. The summed E-state index contributed by atoms with van der Waals surface area (Å²) >= 11 is 0. The van der Waals surface area contributed by atoms with Gasteiger partial charge in [-0.3, -0.25) is 4.79 Å². The molecule has 0 saturated heterocycles. The average molecular weight is 353 g/mol. The molecule has 2 rings (SSSR count). The van der Waals surface area contributed by atoms with E-state index >= 15 is 0 Å². The van der Waals surface area contributed by atoms with E-state index in [-0.39, 0.29) is 16.8 Å². The molecule has 1 saturated carbocycles. The van der Waals surface area contributed by atoms with E-state index < -0.39 is 10.0 Å². The molecule has 1 N–H and O–H groups in total. The molecule has 0 heterocycles. The van der Waals surface area contributed by atoms with Crippen molar-refractivity contribution in [2.45, 2.75) is 69.9 Å². The van der Waals surface area contributed by atoms with Crippen molar-refractivity contribution in [1.82, 2.24) is 9.62 Å². The number of nitrogens with one attached hydrogen (secondary N) is 1. The SMILES string of the molecule is CCN(C(=O)c1ccc(S(=O)(=O)NC(C)C)cc1)C1CCCCC1. The van der Waals surface area contributed by atoms with Gasteiger partial charge in [0.2, 0.25) is 10.0 Å². The minimum atomic E-state index is -3.52. The van der Waals surface area contributed by atoms with Crippen LogP contribution in [0.2, 0.25) is 0 Å². The first kappa shape index (κ1) is 18.9. The predicted octanol–water partition coefficient (Wildman–Crippen LogP) is 3.17. The van der Waals surface area contributed by atoms with Gasteiger partial charge in [0.15, 0.2) is 0 Å². The molecule has 0 aliphatic heterocycles. The minimum absolute atomic E-state index is 0.00910. The first-order valence-electron chi connectivity index (χ1n) is 8.78. The normalized spacial score (nSPS) is 16.3. The smallest absolute Gasteiger partial charge is 0.254 e. The molecule has 1 aromatic rings. The number of rotatable bonds is 6. The number of carbonyl (C=O) groups is 1. The zero-order valence-corrected chi connectivity index (χ0v) is 15.6. The van der Waals surface area contributed by atoms with Gasteiger partial charge in [-0.25, -0.2) is 13.1 Å². The molecule has 24 heavy (non-hydrogen) atoms. The molecule has 1 aromatic carbocycles. The maximum Gasteiger partial charge on any atom is 0.254 e. The molecular weight excluding hydrogens is 324 g/mol. The zero-order chi connectivity index (χ0) is 17.7. The third kappa shape index (κ3) is 4.57. The minimum Gasteiger partial charge on any atom is -0.336 e. The Bertz CT molecular complexity index is 647. The molecule has 6 heteroatoms. The Hall–Kier alpha value is -1.40. The number of sulfonamides is 1. The second kappa shape index (κ2) is 8.12. The monoisotopic (exact) mass is 352 g/mol. The molecule has 0 spiro atoms. The van der Waals surface area contributed by atoms with E-state index in [1.54, 1.807) is 26.0 Å². The van der Waals surface area contributed by atoms with Gasteiger partial charge >= 0.3 is 0 Å². The number of nitrogens with zero attached hydrogens (tertiary/aromatic N) is 1. The third-order valence-electron chi connectivity index (χ3n) is 4.42. The number of hydrogen-bond donors (Lipinski definition) is 1. The quantitative estimate of drug-likeness (QED) is 0.855. The number of carbonyl (C=O) groups excluding carboxylic acids is 1. The van der Waals surface area contributed by atoms with E-state index in [9.17, 15) is 13.2 Å². The Morgan fingerprint density at radius 1 is 1.17 bits per heavy atom. The average Bonchev–Trinajstić information content (AvgIpc) is 2.55. The lowest BCUT2D eigenvalue weighted by Gasteiger charge is -2.33. The topological polar surface area (TPSA) is 66.5 Å². The maximum absolute atomic E-state index is 12.8. The van der Waals surface area contributed by atoms with Crippen molar-refractivity contribution in [2.24, 2.45) is 0 Å². The molecule has 1 aliphatic carbocycles. The van der Waals surface area contributed by atoms with Crippen LogP contribution in [0, 0.1) is 0 Å². The lowest BCUT2D eigenvalue weighted by molar-refractivity contribution is 0.0648. The number of hydrogen-bond acceptors (Lipinski definition) is 3. The molecule has 0 aromatic heterocycles. The Kier molecular flexibility index (Phi) is 6.40. The van der Waals surface area contributed by atoms with Gasteiger partial charge < -0.3 is 4.90 Å². The van der Waals surface area contributed by atoms with Crippen LogP contribution in [0.25, 0.3) is 0 Å². The van der Waals surface area contributed by atoms with Gasteiger partial charge in [0.05, 0.1) is 4.90 Å². The van der Waals surface area contributed by atoms with E-state index in [1.807, 2.05) is 11.8 Å². The first-order valence-corrected chi connectivity index (χ1v) is 10.3. The van der Waals surface area contributed by atoms with Crippen LogP contribution in [0.4, 0.5) is 0 Å². The van der Waals surface area contributed by atoms with Gasteiger partial charge in [-0.05, 0) is 57.9 Å². The van der Waals surface area contributed by atoms with Crippen LogP contribution < -0.4 is 4.72 Å². The maximum atomic E-state index is 12.8. The summed E-state index contributed by atoms with van der Waals surface area (Å²) in [5, 5.41) is 0. The van der Waals surface area contributed by atoms with Crippen molar-refractivity contribution in [2.75, 3.05) is 6.54 Å². The first-order chi connectivity index (χ1) is 11.3. The van der Waals surface area contributed by atoms with Gasteiger partial charge in [0.1, 0.15) is 0 Å². The molecule has 1 amide bonds.